The summed E-state index contributed by atoms with van der Waals surface area (Å²) in [6.07, 6.45) is 1.98. The van der Waals surface area contributed by atoms with Crippen LogP contribution >= 0.6 is 0 Å². The third kappa shape index (κ3) is 1.48. The summed E-state index contributed by atoms with van der Waals surface area (Å²) in [5.41, 5.74) is 7.43. The van der Waals surface area contributed by atoms with Crippen molar-refractivity contribution in [3.63, 3.8) is 0 Å². The minimum Gasteiger partial charge on any atom is -0.496 e. The first kappa shape index (κ1) is 9.46. The lowest BCUT2D eigenvalue weighted by atomic mass is 10.0. The predicted molar refractivity (Wildman–Crippen MR) is 52.9 cm³/mol. The fourth-order valence-corrected chi connectivity index (χ4v) is 1.62. The molecule has 0 saturated heterocycles. The standard InChI is InChI=1S/C11H14FNO/c1-14-10-3-2-9(6-8(10)7-12)11(13)4-5-11/h2-3,6H,4-5,7,13H2,1H3. The molecule has 2 nitrogen and oxygen atoms in total. The van der Waals surface area contributed by atoms with Gasteiger partial charge in [-0.05, 0) is 30.5 Å². The lowest BCUT2D eigenvalue weighted by molar-refractivity contribution is 0.393. The second kappa shape index (κ2) is 3.24. The Hall–Kier alpha value is -1.09. The Bertz CT molecular complexity index is 347. The van der Waals surface area contributed by atoms with E-state index < -0.39 is 6.67 Å². The molecule has 2 N–H and O–H groups in total. The number of rotatable bonds is 3. The van der Waals surface area contributed by atoms with Crippen molar-refractivity contribution in [1.29, 1.82) is 0 Å². The molecule has 2 rings (SSSR count). The van der Waals surface area contributed by atoms with E-state index in [9.17, 15) is 4.39 Å². The van der Waals surface area contributed by atoms with Gasteiger partial charge in [0.1, 0.15) is 12.4 Å². The molecule has 0 atom stereocenters. The predicted octanol–water partition coefficient (Wildman–Crippen LogP) is 2.11. The second-order valence-corrected chi connectivity index (χ2v) is 3.82. The molecule has 1 aliphatic carbocycles. The van der Waals surface area contributed by atoms with Crippen molar-refractivity contribution in [2.75, 3.05) is 7.11 Å². The third-order valence-corrected chi connectivity index (χ3v) is 2.79. The number of methoxy groups -OCH3 is 1. The molecule has 0 aromatic heterocycles. The van der Waals surface area contributed by atoms with Gasteiger partial charge < -0.3 is 10.5 Å². The zero-order valence-corrected chi connectivity index (χ0v) is 8.22. The average Bonchev–Trinajstić information content (AvgIpc) is 2.97. The second-order valence-electron chi connectivity index (χ2n) is 3.82. The zero-order valence-electron chi connectivity index (χ0n) is 8.22. The van der Waals surface area contributed by atoms with Gasteiger partial charge in [0, 0.05) is 11.1 Å². The molecule has 1 fully saturated rings. The van der Waals surface area contributed by atoms with Crippen LogP contribution in [-0.2, 0) is 12.2 Å². The highest BCUT2D eigenvalue weighted by molar-refractivity contribution is 5.41. The van der Waals surface area contributed by atoms with Gasteiger partial charge in [-0.25, -0.2) is 4.39 Å². The fraction of sp³-hybridized carbons (Fsp3) is 0.455. The number of ether oxygens (including phenoxy) is 1. The molecule has 1 saturated carbocycles. The molecule has 0 unspecified atom stereocenters. The number of hydrogen-bond acceptors (Lipinski definition) is 2. The van der Waals surface area contributed by atoms with Crippen LogP contribution in [-0.4, -0.2) is 7.11 Å². The Morgan fingerprint density at radius 2 is 2.21 bits per heavy atom. The maximum absolute atomic E-state index is 12.6. The summed E-state index contributed by atoms with van der Waals surface area (Å²) in [6.45, 7) is -0.507. The van der Waals surface area contributed by atoms with Crippen molar-refractivity contribution in [2.24, 2.45) is 5.73 Å². The average molecular weight is 195 g/mol. The van der Waals surface area contributed by atoms with Crippen LogP contribution in [0.2, 0.25) is 0 Å². The molecule has 1 aromatic carbocycles. The van der Waals surface area contributed by atoms with E-state index in [1.807, 2.05) is 12.1 Å². The molecular weight excluding hydrogens is 181 g/mol. The van der Waals surface area contributed by atoms with Gasteiger partial charge in [-0.15, -0.1) is 0 Å². The van der Waals surface area contributed by atoms with Gasteiger partial charge in [-0.2, -0.15) is 0 Å². The van der Waals surface area contributed by atoms with Crippen LogP contribution in [0.3, 0.4) is 0 Å². The summed E-state index contributed by atoms with van der Waals surface area (Å²) >= 11 is 0. The van der Waals surface area contributed by atoms with E-state index in [-0.39, 0.29) is 5.54 Å². The highest BCUT2D eigenvalue weighted by atomic mass is 19.1. The molecular formula is C11H14FNO. The number of hydrogen-bond donors (Lipinski definition) is 1. The summed E-state index contributed by atoms with van der Waals surface area (Å²) < 4.78 is 17.7. The molecule has 0 heterocycles. The Labute approximate surface area is 82.9 Å². The smallest absolute Gasteiger partial charge is 0.124 e. The monoisotopic (exact) mass is 195 g/mol. The van der Waals surface area contributed by atoms with Crippen LogP contribution in [0.4, 0.5) is 4.39 Å². The molecule has 0 amide bonds. The molecule has 0 aliphatic heterocycles. The van der Waals surface area contributed by atoms with Crippen molar-refractivity contribution < 1.29 is 9.13 Å². The largest absolute Gasteiger partial charge is 0.496 e. The maximum Gasteiger partial charge on any atom is 0.124 e. The first-order valence-electron chi connectivity index (χ1n) is 4.72. The quantitative estimate of drug-likeness (QED) is 0.801. The Kier molecular flexibility index (Phi) is 2.19. The fourth-order valence-electron chi connectivity index (χ4n) is 1.62. The number of alkyl halides is 1. The van der Waals surface area contributed by atoms with Gasteiger partial charge in [0.2, 0.25) is 0 Å². The van der Waals surface area contributed by atoms with Crippen molar-refractivity contribution in [3.05, 3.63) is 29.3 Å². The zero-order chi connectivity index (χ0) is 10.2. The van der Waals surface area contributed by atoms with Crippen LogP contribution in [0, 0.1) is 0 Å². The van der Waals surface area contributed by atoms with Gasteiger partial charge in [-0.1, -0.05) is 6.07 Å². The summed E-state index contributed by atoms with van der Waals surface area (Å²) in [5, 5.41) is 0. The van der Waals surface area contributed by atoms with E-state index in [2.05, 4.69) is 0 Å². The van der Waals surface area contributed by atoms with Crippen LogP contribution in [0.15, 0.2) is 18.2 Å². The number of halogens is 1. The van der Waals surface area contributed by atoms with E-state index in [4.69, 9.17) is 10.5 Å². The Balaban J connectivity index is 2.36. The molecule has 0 spiro atoms. The van der Waals surface area contributed by atoms with E-state index >= 15 is 0 Å². The molecule has 14 heavy (non-hydrogen) atoms. The maximum atomic E-state index is 12.6. The summed E-state index contributed by atoms with van der Waals surface area (Å²) in [5.74, 6) is 0.598. The first-order valence-corrected chi connectivity index (χ1v) is 4.72. The van der Waals surface area contributed by atoms with E-state index in [1.165, 1.54) is 0 Å². The minimum absolute atomic E-state index is 0.198. The van der Waals surface area contributed by atoms with Gasteiger partial charge in [-0.3, -0.25) is 0 Å². The summed E-state index contributed by atoms with van der Waals surface area (Å²) in [6, 6.07) is 5.52. The lowest BCUT2D eigenvalue weighted by Crippen LogP contribution is -2.18. The SMILES string of the molecule is COc1ccc(C2(N)CC2)cc1CF. The van der Waals surface area contributed by atoms with Gasteiger partial charge in [0.05, 0.1) is 7.11 Å². The number of nitrogens with two attached hydrogens (primary N) is 1. The van der Waals surface area contributed by atoms with Crippen molar-refractivity contribution in [2.45, 2.75) is 25.1 Å². The summed E-state index contributed by atoms with van der Waals surface area (Å²) in [7, 11) is 1.55. The molecule has 3 heteroatoms. The van der Waals surface area contributed by atoms with E-state index in [0.717, 1.165) is 18.4 Å². The van der Waals surface area contributed by atoms with Crippen LogP contribution in [0.25, 0.3) is 0 Å². The third-order valence-electron chi connectivity index (χ3n) is 2.79. The van der Waals surface area contributed by atoms with E-state index in [0.29, 0.717) is 11.3 Å². The van der Waals surface area contributed by atoms with Crippen molar-refractivity contribution in [3.8, 4) is 5.75 Å². The normalized spacial score (nSPS) is 17.9. The first-order chi connectivity index (χ1) is 6.69. The lowest BCUT2D eigenvalue weighted by Gasteiger charge is -2.12. The molecule has 1 aromatic rings. The highest BCUT2D eigenvalue weighted by Gasteiger charge is 2.40. The molecule has 76 valence electrons. The molecule has 1 aliphatic rings. The van der Waals surface area contributed by atoms with Crippen molar-refractivity contribution in [1.82, 2.24) is 0 Å². The number of benzene rings is 1. The van der Waals surface area contributed by atoms with Gasteiger partial charge in [0.15, 0.2) is 0 Å². The van der Waals surface area contributed by atoms with Gasteiger partial charge >= 0.3 is 0 Å². The van der Waals surface area contributed by atoms with Gasteiger partial charge in [0.25, 0.3) is 0 Å². The topological polar surface area (TPSA) is 35.2 Å². The minimum atomic E-state index is -0.507. The Morgan fingerprint density at radius 1 is 1.50 bits per heavy atom. The van der Waals surface area contributed by atoms with Crippen molar-refractivity contribution >= 4 is 0 Å². The van der Waals surface area contributed by atoms with Crippen LogP contribution in [0.5, 0.6) is 5.75 Å². The van der Waals surface area contributed by atoms with Crippen LogP contribution in [0.1, 0.15) is 24.0 Å². The van der Waals surface area contributed by atoms with E-state index in [1.54, 1.807) is 13.2 Å². The summed E-state index contributed by atoms with van der Waals surface area (Å²) in [4.78, 5) is 0. The molecule has 0 radical (unpaired) electrons. The highest BCUT2D eigenvalue weighted by Crippen LogP contribution is 2.43. The van der Waals surface area contributed by atoms with Crippen LogP contribution < -0.4 is 10.5 Å². The Morgan fingerprint density at radius 3 is 2.71 bits per heavy atom. The molecule has 0 bridgehead atoms.